The Hall–Kier alpha value is -3.13. The van der Waals surface area contributed by atoms with Crippen molar-refractivity contribution in [1.29, 1.82) is 0 Å². The molecule has 2 heterocycles. The lowest BCUT2D eigenvalue weighted by atomic mass is 10.1. The molecule has 0 saturated heterocycles. The van der Waals surface area contributed by atoms with Crippen LogP contribution in [0.4, 0.5) is 18.9 Å². The highest BCUT2D eigenvalue weighted by Crippen LogP contribution is 2.31. The minimum atomic E-state index is -4.47. The number of hydrogen-bond acceptors (Lipinski definition) is 3. The van der Waals surface area contributed by atoms with Crippen LogP contribution in [0, 0.1) is 6.92 Å². The quantitative estimate of drug-likeness (QED) is 0.483. The van der Waals surface area contributed by atoms with E-state index in [4.69, 9.17) is 0 Å². The normalized spacial score (nSPS) is 11.7. The number of hydrogen-bond donors (Lipinski definition) is 1. The Morgan fingerprint density at radius 2 is 1.89 bits per heavy atom. The van der Waals surface area contributed by atoms with Gasteiger partial charge in [-0.2, -0.15) is 13.2 Å². The number of benzene rings is 2. The van der Waals surface area contributed by atoms with Crippen LogP contribution in [-0.4, -0.2) is 15.3 Å². The number of aromatic nitrogens is 2. The van der Waals surface area contributed by atoms with Gasteiger partial charge in [-0.1, -0.05) is 35.9 Å². The summed E-state index contributed by atoms with van der Waals surface area (Å²) in [6.07, 6.45) is -2.72. The summed E-state index contributed by atoms with van der Waals surface area (Å²) in [5, 5.41) is 4.15. The number of fused-ring (bicyclic) bond motifs is 1. The number of nitrogens with zero attached hydrogens (tertiary/aromatic N) is 2. The van der Waals surface area contributed by atoms with Gasteiger partial charge in [-0.3, -0.25) is 9.20 Å². The average molecular weight is 401 g/mol. The van der Waals surface area contributed by atoms with Crippen molar-refractivity contribution in [2.75, 3.05) is 5.32 Å². The molecular weight excluding hydrogens is 387 g/mol. The van der Waals surface area contributed by atoms with E-state index in [1.165, 1.54) is 23.5 Å². The predicted octanol–water partition coefficient (Wildman–Crippen LogP) is 5.64. The minimum Gasteiger partial charge on any atom is -0.321 e. The molecule has 0 bridgehead atoms. The third-order valence-corrected chi connectivity index (χ3v) is 5.08. The predicted molar refractivity (Wildman–Crippen MR) is 103 cm³/mol. The van der Waals surface area contributed by atoms with Gasteiger partial charge in [0.25, 0.3) is 5.91 Å². The van der Waals surface area contributed by atoms with Gasteiger partial charge in [0.15, 0.2) is 4.96 Å². The highest BCUT2D eigenvalue weighted by atomic mass is 32.1. The van der Waals surface area contributed by atoms with Crippen LogP contribution >= 0.6 is 11.3 Å². The van der Waals surface area contributed by atoms with Gasteiger partial charge in [0.1, 0.15) is 5.69 Å². The van der Waals surface area contributed by atoms with E-state index in [1.54, 1.807) is 16.0 Å². The maximum atomic E-state index is 12.9. The lowest BCUT2D eigenvalue weighted by Crippen LogP contribution is -2.14. The lowest BCUT2D eigenvalue weighted by molar-refractivity contribution is -0.137. The van der Waals surface area contributed by atoms with E-state index in [1.807, 2.05) is 31.2 Å². The molecule has 4 rings (SSSR count). The van der Waals surface area contributed by atoms with Crippen LogP contribution in [0.25, 0.3) is 16.2 Å². The third kappa shape index (κ3) is 3.50. The molecule has 0 saturated carbocycles. The summed E-state index contributed by atoms with van der Waals surface area (Å²) in [5.74, 6) is -0.501. The molecule has 8 heteroatoms. The maximum Gasteiger partial charge on any atom is 0.416 e. The second-order valence-electron chi connectivity index (χ2n) is 6.30. The molecule has 4 aromatic rings. The molecule has 0 spiro atoms. The van der Waals surface area contributed by atoms with Crippen LogP contribution in [0.1, 0.15) is 21.6 Å². The van der Waals surface area contributed by atoms with E-state index in [2.05, 4.69) is 10.3 Å². The number of anilines is 1. The van der Waals surface area contributed by atoms with E-state index < -0.39 is 17.6 Å². The fourth-order valence-electron chi connectivity index (χ4n) is 2.78. The molecule has 0 unspecified atom stereocenters. The Bertz CT molecular complexity index is 1160. The second-order valence-corrected chi connectivity index (χ2v) is 7.13. The summed E-state index contributed by atoms with van der Waals surface area (Å²) in [6.45, 7) is 1.99. The molecule has 0 fully saturated rings. The van der Waals surface area contributed by atoms with Crippen molar-refractivity contribution in [1.82, 2.24) is 9.38 Å². The first kappa shape index (κ1) is 18.2. The van der Waals surface area contributed by atoms with Crippen molar-refractivity contribution in [2.24, 2.45) is 0 Å². The molecule has 0 atom stereocenters. The fraction of sp³-hybridized carbons (Fsp3) is 0.100. The van der Waals surface area contributed by atoms with Crippen molar-refractivity contribution in [3.63, 3.8) is 0 Å². The maximum absolute atomic E-state index is 12.9. The summed E-state index contributed by atoms with van der Waals surface area (Å²) in [7, 11) is 0. The highest BCUT2D eigenvalue weighted by molar-refractivity contribution is 7.15. The fourth-order valence-corrected chi connectivity index (χ4v) is 3.63. The van der Waals surface area contributed by atoms with Gasteiger partial charge in [-0.05, 0) is 25.1 Å². The van der Waals surface area contributed by atoms with Gasteiger partial charge < -0.3 is 5.32 Å². The van der Waals surface area contributed by atoms with E-state index in [-0.39, 0.29) is 5.69 Å². The molecule has 0 radical (unpaired) electrons. The number of carbonyl (C=O) groups is 1. The summed E-state index contributed by atoms with van der Waals surface area (Å²) < 4.78 is 40.2. The number of thiazole rings is 1. The Morgan fingerprint density at radius 1 is 1.14 bits per heavy atom. The standard InChI is InChI=1S/C20H14F3N3OS/c1-12-5-7-13(8-6-12)16-10-26-17(11-28-19(26)25-16)18(27)24-15-4-2-3-14(9-15)20(21,22)23/h2-11H,1H3,(H,24,27). The number of nitrogens with one attached hydrogen (secondary N) is 1. The molecular formula is C20H14F3N3OS. The number of rotatable bonds is 3. The van der Waals surface area contributed by atoms with Crippen molar-refractivity contribution in [3.05, 3.63) is 76.9 Å². The molecule has 0 aliphatic rings. The number of aryl methyl sites for hydroxylation is 1. The van der Waals surface area contributed by atoms with Gasteiger partial charge in [0, 0.05) is 22.8 Å². The summed E-state index contributed by atoms with van der Waals surface area (Å²) in [4.78, 5) is 17.8. The third-order valence-electron chi connectivity index (χ3n) is 4.24. The zero-order valence-electron chi connectivity index (χ0n) is 14.6. The Labute approximate surface area is 162 Å². The van der Waals surface area contributed by atoms with E-state index in [0.717, 1.165) is 29.0 Å². The number of carbonyl (C=O) groups excluding carboxylic acids is 1. The topological polar surface area (TPSA) is 46.4 Å². The number of alkyl halides is 3. The molecule has 28 heavy (non-hydrogen) atoms. The molecule has 0 aliphatic heterocycles. The first-order valence-corrected chi connectivity index (χ1v) is 9.21. The molecule has 2 aromatic carbocycles. The van der Waals surface area contributed by atoms with E-state index >= 15 is 0 Å². The molecule has 1 amide bonds. The number of amides is 1. The van der Waals surface area contributed by atoms with Crippen LogP contribution in [0.5, 0.6) is 0 Å². The number of imidazole rings is 1. The Morgan fingerprint density at radius 3 is 2.61 bits per heavy atom. The Balaban J connectivity index is 1.62. The average Bonchev–Trinajstić information content (AvgIpc) is 3.22. The monoisotopic (exact) mass is 401 g/mol. The Kier molecular flexibility index (Phi) is 4.43. The van der Waals surface area contributed by atoms with Gasteiger partial charge in [0.2, 0.25) is 0 Å². The largest absolute Gasteiger partial charge is 0.416 e. The van der Waals surface area contributed by atoms with E-state index in [9.17, 15) is 18.0 Å². The van der Waals surface area contributed by atoms with Crippen LogP contribution in [0.2, 0.25) is 0 Å². The number of halogens is 3. The SMILES string of the molecule is Cc1ccc(-c2cn3c(C(=O)Nc4cccc(C(F)(F)F)c4)csc3n2)cc1. The first-order valence-electron chi connectivity index (χ1n) is 8.33. The molecule has 142 valence electrons. The van der Waals surface area contributed by atoms with Gasteiger partial charge >= 0.3 is 6.18 Å². The van der Waals surface area contributed by atoms with Crippen LogP contribution in [-0.2, 0) is 6.18 Å². The molecule has 4 nitrogen and oxygen atoms in total. The zero-order valence-corrected chi connectivity index (χ0v) is 15.4. The van der Waals surface area contributed by atoms with Crippen LogP contribution in [0.15, 0.2) is 60.1 Å². The summed E-state index contributed by atoms with van der Waals surface area (Å²) in [5.41, 5.74) is 2.35. The minimum absolute atomic E-state index is 0.0815. The summed E-state index contributed by atoms with van der Waals surface area (Å²) >= 11 is 1.29. The zero-order chi connectivity index (χ0) is 19.9. The van der Waals surface area contributed by atoms with Crippen LogP contribution in [0.3, 0.4) is 0 Å². The van der Waals surface area contributed by atoms with Crippen molar-refractivity contribution < 1.29 is 18.0 Å². The smallest absolute Gasteiger partial charge is 0.321 e. The highest BCUT2D eigenvalue weighted by Gasteiger charge is 2.30. The molecule has 2 aromatic heterocycles. The van der Waals surface area contributed by atoms with Gasteiger partial charge in [0.05, 0.1) is 11.3 Å². The van der Waals surface area contributed by atoms with Crippen molar-refractivity contribution >= 4 is 27.9 Å². The van der Waals surface area contributed by atoms with Crippen LogP contribution < -0.4 is 5.32 Å². The van der Waals surface area contributed by atoms with Crippen molar-refractivity contribution in [3.8, 4) is 11.3 Å². The lowest BCUT2D eigenvalue weighted by Gasteiger charge is -2.09. The second kappa shape index (κ2) is 6.79. The molecule has 0 aliphatic carbocycles. The summed E-state index contributed by atoms with van der Waals surface area (Å²) in [6, 6.07) is 12.4. The molecule has 1 N–H and O–H groups in total. The van der Waals surface area contributed by atoms with Gasteiger partial charge in [-0.25, -0.2) is 4.98 Å². The van der Waals surface area contributed by atoms with Crippen molar-refractivity contribution in [2.45, 2.75) is 13.1 Å². The first-order chi connectivity index (χ1) is 13.3. The van der Waals surface area contributed by atoms with E-state index in [0.29, 0.717) is 10.7 Å². The van der Waals surface area contributed by atoms with Gasteiger partial charge in [-0.15, -0.1) is 11.3 Å².